The number of fused-ring (bicyclic) bond motifs is 3. The molecule has 5 nitrogen and oxygen atoms in total. The quantitative estimate of drug-likeness (QED) is 0.450. The van der Waals surface area contributed by atoms with Gasteiger partial charge in [-0.2, -0.15) is 0 Å². The summed E-state index contributed by atoms with van der Waals surface area (Å²) in [6.07, 6.45) is 0.113. The Bertz CT molecular complexity index is 1070. The average molecular weight is 419 g/mol. The molecule has 0 fully saturated rings. The summed E-state index contributed by atoms with van der Waals surface area (Å²) in [4.78, 5) is 24.5. The van der Waals surface area contributed by atoms with Gasteiger partial charge in [0.25, 0.3) is 0 Å². The lowest BCUT2D eigenvalue weighted by atomic mass is 9.94. The first-order valence-corrected chi connectivity index (χ1v) is 10.0. The molecule has 1 aliphatic rings. The monoisotopic (exact) mass is 419 g/mol. The molecule has 0 bridgehead atoms. The van der Waals surface area contributed by atoms with Crippen LogP contribution in [0.25, 0.3) is 11.1 Å². The fourth-order valence-electron chi connectivity index (χ4n) is 4.16. The smallest absolute Gasteiger partial charge is 0.321 e. The number of carbonyl (C=O) groups excluding carboxylic acids is 1. The van der Waals surface area contributed by atoms with Crippen molar-refractivity contribution in [2.24, 2.45) is 11.7 Å². The SMILES string of the molecule is N[C@@H](Cc1ccc(F)cc1)[C@@H](C(=O)O)C(=O)OCC1c2ccccc2-c2ccccc21. The molecule has 0 aliphatic heterocycles. The van der Waals surface area contributed by atoms with Crippen LogP contribution in [0.5, 0.6) is 0 Å². The maximum atomic E-state index is 13.1. The molecule has 3 aromatic carbocycles. The van der Waals surface area contributed by atoms with E-state index in [1.807, 2.05) is 48.5 Å². The van der Waals surface area contributed by atoms with E-state index in [0.29, 0.717) is 5.56 Å². The molecular weight excluding hydrogens is 397 g/mol. The van der Waals surface area contributed by atoms with Crippen molar-refractivity contribution in [2.45, 2.75) is 18.4 Å². The van der Waals surface area contributed by atoms with E-state index in [0.717, 1.165) is 22.3 Å². The predicted molar refractivity (Wildman–Crippen MR) is 114 cm³/mol. The van der Waals surface area contributed by atoms with Crippen LogP contribution in [0, 0.1) is 11.7 Å². The van der Waals surface area contributed by atoms with Gasteiger partial charge in [-0.3, -0.25) is 9.59 Å². The first-order valence-electron chi connectivity index (χ1n) is 10.0. The number of benzene rings is 3. The van der Waals surface area contributed by atoms with Crippen molar-refractivity contribution in [3.8, 4) is 11.1 Å². The van der Waals surface area contributed by atoms with Gasteiger partial charge in [-0.1, -0.05) is 60.7 Å². The normalized spacial score (nSPS) is 14.4. The van der Waals surface area contributed by atoms with Crippen LogP contribution in [0.2, 0.25) is 0 Å². The maximum Gasteiger partial charge on any atom is 0.321 e. The number of esters is 1. The van der Waals surface area contributed by atoms with Crippen LogP contribution >= 0.6 is 0 Å². The van der Waals surface area contributed by atoms with Crippen LogP contribution in [-0.2, 0) is 20.7 Å². The van der Waals surface area contributed by atoms with E-state index in [4.69, 9.17) is 10.5 Å². The Balaban J connectivity index is 1.49. The minimum atomic E-state index is -1.52. The van der Waals surface area contributed by atoms with E-state index in [1.54, 1.807) is 0 Å². The van der Waals surface area contributed by atoms with Crippen molar-refractivity contribution in [3.05, 3.63) is 95.3 Å². The number of ether oxygens (including phenoxy) is 1. The van der Waals surface area contributed by atoms with Gasteiger partial charge in [0.15, 0.2) is 5.92 Å². The van der Waals surface area contributed by atoms with Gasteiger partial charge in [0.05, 0.1) is 0 Å². The first-order chi connectivity index (χ1) is 15.0. The van der Waals surface area contributed by atoms with Crippen LogP contribution in [-0.4, -0.2) is 29.7 Å². The van der Waals surface area contributed by atoms with Gasteiger partial charge in [0.1, 0.15) is 12.4 Å². The number of nitrogens with two attached hydrogens (primary N) is 1. The number of carboxylic acids is 1. The fraction of sp³-hybridized carbons (Fsp3) is 0.200. The minimum Gasteiger partial charge on any atom is -0.481 e. The number of halogens is 1. The van der Waals surface area contributed by atoms with Crippen LogP contribution in [0.3, 0.4) is 0 Å². The molecule has 0 heterocycles. The Hall–Kier alpha value is -3.51. The van der Waals surface area contributed by atoms with Crippen molar-refractivity contribution in [3.63, 3.8) is 0 Å². The number of hydrogen-bond donors (Lipinski definition) is 2. The van der Waals surface area contributed by atoms with E-state index in [2.05, 4.69) is 0 Å². The van der Waals surface area contributed by atoms with Gasteiger partial charge in [0.2, 0.25) is 0 Å². The van der Waals surface area contributed by atoms with Gasteiger partial charge in [-0.15, -0.1) is 0 Å². The summed E-state index contributed by atoms with van der Waals surface area (Å²) >= 11 is 0. The highest BCUT2D eigenvalue weighted by atomic mass is 19.1. The molecule has 3 N–H and O–H groups in total. The average Bonchev–Trinajstić information content (AvgIpc) is 3.07. The second-order valence-electron chi connectivity index (χ2n) is 7.67. The molecule has 2 atom stereocenters. The van der Waals surface area contributed by atoms with Crippen molar-refractivity contribution < 1.29 is 23.8 Å². The lowest BCUT2D eigenvalue weighted by Crippen LogP contribution is -2.43. The maximum absolute atomic E-state index is 13.1. The van der Waals surface area contributed by atoms with Crippen LogP contribution in [0.15, 0.2) is 72.8 Å². The highest BCUT2D eigenvalue weighted by Gasteiger charge is 2.36. The summed E-state index contributed by atoms with van der Waals surface area (Å²) in [5, 5.41) is 9.60. The summed E-state index contributed by atoms with van der Waals surface area (Å²) in [6.45, 7) is 0.0277. The van der Waals surface area contributed by atoms with Gasteiger partial charge in [-0.05, 0) is 46.4 Å². The Morgan fingerprint density at radius 2 is 1.48 bits per heavy atom. The Morgan fingerprint density at radius 1 is 0.935 bits per heavy atom. The van der Waals surface area contributed by atoms with E-state index < -0.39 is 29.7 Å². The van der Waals surface area contributed by atoms with Crippen LogP contribution in [0.4, 0.5) is 4.39 Å². The topological polar surface area (TPSA) is 89.6 Å². The van der Waals surface area contributed by atoms with E-state index in [1.165, 1.54) is 24.3 Å². The number of aliphatic carboxylic acids is 1. The molecule has 0 spiro atoms. The fourth-order valence-corrected chi connectivity index (χ4v) is 4.16. The zero-order valence-corrected chi connectivity index (χ0v) is 16.7. The molecule has 0 saturated carbocycles. The zero-order valence-electron chi connectivity index (χ0n) is 16.7. The lowest BCUT2D eigenvalue weighted by molar-refractivity contribution is -0.159. The van der Waals surface area contributed by atoms with Crippen molar-refractivity contribution in [1.29, 1.82) is 0 Å². The Labute approximate surface area is 179 Å². The predicted octanol–water partition coefficient (Wildman–Crippen LogP) is 3.75. The summed E-state index contributed by atoms with van der Waals surface area (Å²) < 4.78 is 18.6. The minimum absolute atomic E-state index is 0.0277. The molecule has 0 aromatic heterocycles. The van der Waals surface area contributed by atoms with Gasteiger partial charge in [0, 0.05) is 12.0 Å². The molecule has 158 valence electrons. The first kappa shape index (κ1) is 20.8. The number of carbonyl (C=O) groups is 2. The highest BCUT2D eigenvalue weighted by Crippen LogP contribution is 2.44. The standard InChI is InChI=1S/C25H22FNO4/c26-16-11-9-15(10-12-16)13-22(27)23(24(28)29)25(30)31-14-21-19-7-3-1-5-17(19)18-6-2-4-8-20(18)21/h1-12,21-23H,13-14,27H2,(H,28,29)/t22-,23-/m0/s1. The molecule has 3 aromatic rings. The third kappa shape index (κ3) is 4.20. The summed E-state index contributed by atoms with van der Waals surface area (Å²) in [5.41, 5.74) is 10.9. The van der Waals surface area contributed by atoms with Gasteiger partial charge >= 0.3 is 11.9 Å². The summed E-state index contributed by atoms with van der Waals surface area (Å²) in [6, 6.07) is 20.4. The molecule has 31 heavy (non-hydrogen) atoms. The molecule has 0 saturated heterocycles. The molecule has 6 heteroatoms. The highest BCUT2D eigenvalue weighted by molar-refractivity contribution is 5.95. The van der Waals surface area contributed by atoms with Crippen LogP contribution < -0.4 is 5.73 Å². The molecule has 0 amide bonds. The Kier molecular flexibility index (Phi) is 5.82. The van der Waals surface area contributed by atoms with E-state index >= 15 is 0 Å². The number of hydrogen-bond acceptors (Lipinski definition) is 4. The van der Waals surface area contributed by atoms with Gasteiger partial charge in [-0.25, -0.2) is 4.39 Å². The van der Waals surface area contributed by atoms with Crippen LogP contribution in [0.1, 0.15) is 22.6 Å². The molecule has 1 aliphatic carbocycles. The molecule has 4 rings (SSSR count). The zero-order chi connectivity index (χ0) is 22.0. The van der Waals surface area contributed by atoms with Gasteiger partial charge < -0.3 is 15.6 Å². The van der Waals surface area contributed by atoms with Crippen molar-refractivity contribution in [1.82, 2.24) is 0 Å². The number of rotatable bonds is 7. The lowest BCUT2D eigenvalue weighted by Gasteiger charge is -2.21. The second kappa shape index (κ2) is 8.70. The third-order valence-corrected chi connectivity index (χ3v) is 5.69. The van der Waals surface area contributed by atoms with E-state index in [-0.39, 0.29) is 18.9 Å². The summed E-state index contributed by atoms with van der Waals surface area (Å²) in [7, 11) is 0. The largest absolute Gasteiger partial charge is 0.481 e. The molecule has 0 radical (unpaired) electrons. The third-order valence-electron chi connectivity index (χ3n) is 5.69. The Morgan fingerprint density at radius 3 is 2.03 bits per heavy atom. The molecule has 0 unspecified atom stereocenters. The van der Waals surface area contributed by atoms with E-state index in [9.17, 15) is 19.1 Å². The summed E-state index contributed by atoms with van der Waals surface area (Å²) in [5.74, 6) is -4.30. The van der Waals surface area contributed by atoms with Crippen molar-refractivity contribution >= 4 is 11.9 Å². The second-order valence-corrected chi connectivity index (χ2v) is 7.67. The van der Waals surface area contributed by atoms with Crippen molar-refractivity contribution in [2.75, 3.05) is 6.61 Å². The number of carboxylic acid groups (broad SMARTS) is 1. The molecular formula is C25H22FNO4.